The molecule has 9 nitrogen and oxygen atoms in total. The maximum absolute atomic E-state index is 13.6. The van der Waals surface area contributed by atoms with Crippen molar-refractivity contribution in [1.29, 1.82) is 0 Å². The van der Waals surface area contributed by atoms with Crippen molar-refractivity contribution in [3.8, 4) is 0 Å². The van der Waals surface area contributed by atoms with E-state index in [1.165, 1.54) is 20.8 Å². The molecular weight excluding hydrogens is 564 g/mol. The van der Waals surface area contributed by atoms with E-state index in [-0.39, 0.29) is 59.3 Å². The van der Waals surface area contributed by atoms with Crippen molar-refractivity contribution in [3.63, 3.8) is 0 Å². The Labute approximate surface area is 263 Å². The van der Waals surface area contributed by atoms with Crippen molar-refractivity contribution in [2.24, 2.45) is 58.2 Å². The third-order valence-electron chi connectivity index (χ3n) is 12.6. The van der Waals surface area contributed by atoms with Gasteiger partial charge in [-0.05, 0) is 84.9 Å². The topological polar surface area (TPSA) is 125 Å². The molecule has 0 aromatic carbocycles. The minimum Gasteiger partial charge on any atom is -0.465 e. The molecule has 2 unspecified atom stereocenters. The Balaban J connectivity index is 1.61. The van der Waals surface area contributed by atoms with Crippen molar-refractivity contribution in [2.75, 3.05) is 6.61 Å². The second-order valence-corrected chi connectivity index (χ2v) is 15.3. The molecule has 0 radical (unpaired) electrons. The quantitative estimate of drug-likeness (QED) is 0.263. The number of aliphatic hydroxyl groups is 1. The normalized spacial score (nSPS) is 39.3. The average molecular weight is 621 g/mol. The molecule has 0 aromatic heterocycles. The van der Waals surface area contributed by atoms with Crippen LogP contribution in [0.1, 0.15) is 107 Å². The highest BCUT2D eigenvalue weighted by Gasteiger charge is 2.64. The predicted octanol–water partition coefficient (Wildman–Crippen LogP) is 5.49. The molecule has 1 N–H and O–H groups in total. The average Bonchev–Trinajstić information content (AvgIpc) is 3.23. The molecule has 3 aliphatic carbocycles. The molecule has 0 aromatic rings. The highest BCUT2D eigenvalue weighted by atomic mass is 16.6. The third kappa shape index (κ3) is 6.41. The van der Waals surface area contributed by atoms with Gasteiger partial charge in [-0.2, -0.15) is 0 Å². The van der Waals surface area contributed by atoms with Crippen LogP contribution < -0.4 is 0 Å². The lowest BCUT2D eigenvalue weighted by molar-refractivity contribution is -0.188. The Morgan fingerprint density at radius 2 is 1.55 bits per heavy atom. The van der Waals surface area contributed by atoms with Gasteiger partial charge in [0, 0.05) is 33.1 Å². The van der Waals surface area contributed by atoms with E-state index in [1.54, 1.807) is 0 Å². The summed E-state index contributed by atoms with van der Waals surface area (Å²) >= 11 is 0. The lowest BCUT2D eigenvalue weighted by atomic mass is 9.48. The van der Waals surface area contributed by atoms with Gasteiger partial charge in [-0.3, -0.25) is 19.2 Å². The fourth-order valence-electron chi connectivity index (χ4n) is 10.5. The van der Waals surface area contributed by atoms with E-state index < -0.39 is 47.7 Å². The Morgan fingerprint density at radius 1 is 0.932 bits per heavy atom. The SMILES string of the molecule is CC[C@@H](C(C)C)C(OC(C)=O)C(O)[C@@H](C)[C@H]1CC[C@H]2[C@@H]3COC(=O)[C@H]4C[C@H](OC(C)=O)[C@H](OC(C)=O)C[C@]4(C)[C@H]3CC[C@]12C. The Bertz CT molecular complexity index is 1090. The fraction of sp³-hybridized carbons (Fsp3) is 0.886. The van der Waals surface area contributed by atoms with Crippen molar-refractivity contribution in [1.82, 2.24) is 0 Å². The van der Waals surface area contributed by atoms with Crippen LogP contribution in [0.5, 0.6) is 0 Å². The van der Waals surface area contributed by atoms with Gasteiger partial charge in [0.1, 0.15) is 18.3 Å². The summed E-state index contributed by atoms with van der Waals surface area (Å²) in [6.45, 7) is 17.4. The largest absolute Gasteiger partial charge is 0.465 e. The summed E-state index contributed by atoms with van der Waals surface area (Å²) in [5.41, 5.74) is -0.555. The molecule has 9 heteroatoms. The third-order valence-corrected chi connectivity index (χ3v) is 12.6. The predicted molar refractivity (Wildman–Crippen MR) is 163 cm³/mol. The molecule has 1 heterocycles. The minimum atomic E-state index is -0.778. The van der Waals surface area contributed by atoms with E-state index in [0.717, 1.165) is 32.1 Å². The summed E-state index contributed by atoms with van der Waals surface area (Å²) in [6.07, 6.45) is 2.64. The van der Waals surface area contributed by atoms with E-state index in [0.29, 0.717) is 18.9 Å². The molecule has 0 amide bonds. The molecule has 13 atom stereocenters. The van der Waals surface area contributed by atoms with Crippen LogP contribution in [0.15, 0.2) is 0 Å². The van der Waals surface area contributed by atoms with Crippen LogP contribution >= 0.6 is 0 Å². The van der Waals surface area contributed by atoms with Gasteiger partial charge in [-0.1, -0.05) is 41.5 Å². The summed E-state index contributed by atoms with van der Waals surface area (Å²) < 4.78 is 23.1. The monoisotopic (exact) mass is 620 g/mol. The molecule has 0 spiro atoms. The van der Waals surface area contributed by atoms with Crippen LogP contribution in [-0.2, 0) is 38.1 Å². The molecule has 1 saturated heterocycles. The van der Waals surface area contributed by atoms with Crippen molar-refractivity contribution < 1.29 is 43.2 Å². The Kier molecular flexibility index (Phi) is 10.5. The highest BCUT2D eigenvalue weighted by Crippen LogP contribution is 2.66. The number of hydrogen-bond donors (Lipinski definition) is 1. The van der Waals surface area contributed by atoms with Gasteiger partial charge in [0.15, 0.2) is 0 Å². The second-order valence-electron chi connectivity index (χ2n) is 15.3. The van der Waals surface area contributed by atoms with E-state index >= 15 is 0 Å². The first-order chi connectivity index (χ1) is 20.5. The molecule has 1 aliphatic heterocycles. The first kappa shape index (κ1) is 34.7. The number of fused-ring (bicyclic) bond motifs is 5. The zero-order valence-corrected chi connectivity index (χ0v) is 28.3. The lowest BCUT2D eigenvalue weighted by Crippen LogP contribution is -2.56. The van der Waals surface area contributed by atoms with Gasteiger partial charge in [0.2, 0.25) is 0 Å². The first-order valence-corrected chi connectivity index (χ1v) is 16.9. The number of aliphatic hydroxyl groups excluding tert-OH is 1. The summed E-state index contributed by atoms with van der Waals surface area (Å²) in [4.78, 5) is 49.7. The fourth-order valence-corrected chi connectivity index (χ4v) is 10.5. The summed E-state index contributed by atoms with van der Waals surface area (Å²) in [7, 11) is 0. The van der Waals surface area contributed by atoms with Crippen LogP contribution in [0.3, 0.4) is 0 Å². The van der Waals surface area contributed by atoms with Crippen LogP contribution in [0, 0.1) is 58.2 Å². The second kappa shape index (κ2) is 13.3. The number of carbonyl (C=O) groups is 4. The van der Waals surface area contributed by atoms with Gasteiger partial charge in [0.25, 0.3) is 0 Å². The van der Waals surface area contributed by atoms with Gasteiger partial charge in [0.05, 0.1) is 18.6 Å². The van der Waals surface area contributed by atoms with Crippen LogP contribution in [0.4, 0.5) is 0 Å². The van der Waals surface area contributed by atoms with E-state index in [2.05, 4.69) is 41.5 Å². The van der Waals surface area contributed by atoms with Crippen molar-refractivity contribution in [3.05, 3.63) is 0 Å². The van der Waals surface area contributed by atoms with Crippen molar-refractivity contribution >= 4 is 23.9 Å². The molecule has 4 fully saturated rings. The van der Waals surface area contributed by atoms with Gasteiger partial charge in [-0.15, -0.1) is 0 Å². The van der Waals surface area contributed by atoms with E-state index in [1.807, 2.05) is 0 Å². The van der Waals surface area contributed by atoms with Crippen LogP contribution in [0.25, 0.3) is 0 Å². The lowest BCUT2D eigenvalue weighted by Gasteiger charge is -2.56. The number of carbonyl (C=O) groups excluding carboxylic acids is 4. The summed E-state index contributed by atoms with van der Waals surface area (Å²) in [6, 6.07) is 0. The number of cyclic esters (lactones) is 1. The minimum absolute atomic E-state index is 0.0579. The number of hydrogen-bond acceptors (Lipinski definition) is 9. The molecule has 0 bridgehead atoms. The van der Waals surface area contributed by atoms with Crippen LogP contribution in [-0.4, -0.2) is 60.0 Å². The molecule has 4 rings (SSSR count). The Morgan fingerprint density at radius 3 is 2.11 bits per heavy atom. The van der Waals surface area contributed by atoms with E-state index in [9.17, 15) is 24.3 Å². The highest BCUT2D eigenvalue weighted by molar-refractivity contribution is 5.75. The van der Waals surface area contributed by atoms with Gasteiger partial charge in [-0.25, -0.2) is 0 Å². The molecule has 3 saturated carbocycles. The molecule has 44 heavy (non-hydrogen) atoms. The maximum atomic E-state index is 13.6. The smallest absolute Gasteiger partial charge is 0.309 e. The van der Waals surface area contributed by atoms with Gasteiger partial charge >= 0.3 is 23.9 Å². The summed E-state index contributed by atoms with van der Waals surface area (Å²) in [5.74, 6) is -0.920. The standard InChI is InChI=1S/C35H56O9/c1-10-23(18(2)3)32(44-22(7)38)31(39)19(4)25-11-12-26-24-17-41-33(40)28-15-29(42-20(5)36)30(43-21(6)37)16-35(28,9)27(24)13-14-34(25,26)8/h18-19,23-32,39H,10-17H2,1-9H3/t19-,23-,24-,25+,26-,27-,28+,29-,30+,31?,32?,34+,35+/m0/s1. The molecule has 250 valence electrons. The van der Waals surface area contributed by atoms with Crippen LogP contribution in [0.2, 0.25) is 0 Å². The molecular formula is C35H56O9. The zero-order chi connectivity index (χ0) is 32.7. The van der Waals surface area contributed by atoms with E-state index in [4.69, 9.17) is 18.9 Å². The Hall–Kier alpha value is -2.16. The number of rotatable bonds is 9. The molecule has 4 aliphatic rings. The van der Waals surface area contributed by atoms with Crippen molar-refractivity contribution in [2.45, 2.75) is 132 Å². The maximum Gasteiger partial charge on any atom is 0.309 e. The number of esters is 4. The summed E-state index contributed by atoms with van der Waals surface area (Å²) in [5, 5.41) is 11.8. The number of ether oxygens (including phenoxy) is 4. The first-order valence-electron chi connectivity index (χ1n) is 16.9. The zero-order valence-electron chi connectivity index (χ0n) is 28.3. The van der Waals surface area contributed by atoms with Gasteiger partial charge < -0.3 is 24.1 Å².